The van der Waals surface area contributed by atoms with Crippen LogP contribution in [0.15, 0.2) is 34.9 Å². The van der Waals surface area contributed by atoms with Crippen LogP contribution in [0.2, 0.25) is 0 Å². The molecule has 4 saturated heterocycles. The van der Waals surface area contributed by atoms with E-state index >= 15 is 0 Å². The third-order valence-corrected chi connectivity index (χ3v) is 13.9. The van der Waals surface area contributed by atoms with Crippen molar-refractivity contribution in [1.29, 1.82) is 0 Å². The topological polar surface area (TPSA) is 138 Å². The number of nitrogens with two attached hydrogens (primary N) is 1. The van der Waals surface area contributed by atoms with Crippen molar-refractivity contribution in [3.8, 4) is 0 Å². The molecule has 6 rings (SSSR count). The smallest absolute Gasteiger partial charge is 0.309 e. The minimum absolute atomic E-state index is 0.123. The number of aliphatic hydroxyl groups is 2. The van der Waals surface area contributed by atoms with Crippen molar-refractivity contribution >= 4 is 11.8 Å². The van der Waals surface area contributed by atoms with Crippen LogP contribution >= 0.6 is 0 Å². The van der Waals surface area contributed by atoms with E-state index in [9.17, 15) is 19.8 Å². The summed E-state index contributed by atoms with van der Waals surface area (Å²) in [5.41, 5.74) is 8.37. The Balaban J connectivity index is 1.37. The maximum Gasteiger partial charge on any atom is 0.309 e. The number of fused-ring (bicyclic) bond motifs is 3. The van der Waals surface area contributed by atoms with E-state index in [1.54, 1.807) is 0 Å². The third-order valence-electron chi connectivity index (χ3n) is 13.9. The van der Waals surface area contributed by atoms with E-state index in [1.807, 2.05) is 20.8 Å². The van der Waals surface area contributed by atoms with E-state index < -0.39 is 28.7 Å². The number of Topliss-reactive ketones (excluding diaryl/α,β-unsaturated/α-hetero) is 1. The number of esters is 1. The summed E-state index contributed by atoms with van der Waals surface area (Å²) < 4.78 is 26.1. The number of hydrogen-bond acceptors (Lipinski definition) is 9. The number of rotatable bonds is 5. The van der Waals surface area contributed by atoms with E-state index in [1.165, 1.54) is 0 Å². The number of cyclic esters (lactones) is 1. The molecule has 0 aromatic heterocycles. The lowest BCUT2D eigenvalue weighted by molar-refractivity contribution is -0.387. The Labute approximate surface area is 305 Å². The molecule has 4 fully saturated rings. The summed E-state index contributed by atoms with van der Waals surface area (Å²) in [7, 11) is 0. The van der Waals surface area contributed by atoms with Gasteiger partial charge in [0.15, 0.2) is 5.79 Å². The molecule has 0 aromatic carbocycles. The molecule has 0 amide bonds. The van der Waals surface area contributed by atoms with Gasteiger partial charge in [-0.05, 0) is 108 Å². The predicted octanol–water partition coefficient (Wildman–Crippen LogP) is 6.98. The van der Waals surface area contributed by atoms with E-state index in [4.69, 9.17) is 24.7 Å². The van der Waals surface area contributed by atoms with Gasteiger partial charge in [-0.1, -0.05) is 44.6 Å². The summed E-state index contributed by atoms with van der Waals surface area (Å²) >= 11 is 0. The highest BCUT2D eigenvalue weighted by atomic mass is 16.8. The largest absolute Gasteiger partial charge is 0.458 e. The number of ether oxygens (including phenoxy) is 4. The van der Waals surface area contributed by atoms with Crippen LogP contribution in [0.3, 0.4) is 0 Å². The first-order chi connectivity index (χ1) is 24.0. The zero-order valence-corrected chi connectivity index (χ0v) is 32.1. The monoisotopic (exact) mass is 711 g/mol. The molecule has 51 heavy (non-hydrogen) atoms. The van der Waals surface area contributed by atoms with Crippen molar-refractivity contribution in [2.45, 2.75) is 179 Å². The lowest BCUT2D eigenvalue weighted by atomic mass is 9.58. The Morgan fingerprint density at radius 3 is 2.53 bits per heavy atom. The molecular weight excluding hydrogens is 646 g/mol. The second kappa shape index (κ2) is 14.7. The fourth-order valence-electron chi connectivity index (χ4n) is 10.3. The van der Waals surface area contributed by atoms with Crippen molar-refractivity contribution in [2.24, 2.45) is 34.8 Å². The first-order valence-corrected chi connectivity index (χ1v) is 20.0. The number of carbonyl (C=O) groups excluding carboxylic acids is 2. The van der Waals surface area contributed by atoms with Gasteiger partial charge in [-0.15, -0.1) is 0 Å². The Hall–Kier alpha value is -1.88. The number of allylic oxidation sites excluding steroid dienone is 2. The van der Waals surface area contributed by atoms with Gasteiger partial charge in [0.05, 0.1) is 24.2 Å². The fourth-order valence-corrected chi connectivity index (χ4v) is 10.3. The molecule has 5 aliphatic heterocycles. The first kappa shape index (κ1) is 38.8. The quantitative estimate of drug-likeness (QED) is 0.204. The molecule has 286 valence electrons. The zero-order valence-electron chi connectivity index (χ0n) is 32.1. The molecule has 0 unspecified atom stereocenters. The summed E-state index contributed by atoms with van der Waals surface area (Å²) in [5.74, 6) is -1.94. The van der Waals surface area contributed by atoms with Crippen molar-refractivity contribution in [3.63, 3.8) is 0 Å². The lowest BCUT2D eigenvalue weighted by Crippen LogP contribution is -2.60. The van der Waals surface area contributed by atoms with Gasteiger partial charge in [0.2, 0.25) is 5.79 Å². The molecule has 4 N–H and O–H groups in total. The fraction of sp³-hybridized carbons (Fsp3) is 0.810. The molecule has 12 atom stereocenters. The summed E-state index contributed by atoms with van der Waals surface area (Å²) in [6, 6.07) is 0. The van der Waals surface area contributed by atoms with Gasteiger partial charge in [-0.3, -0.25) is 9.59 Å². The Morgan fingerprint density at radius 2 is 1.82 bits per heavy atom. The highest BCUT2D eigenvalue weighted by Gasteiger charge is 2.64. The van der Waals surface area contributed by atoms with Crippen LogP contribution in [-0.4, -0.2) is 70.1 Å². The molecule has 0 radical (unpaired) electrons. The average Bonchev–Trinajstić information content (AvgIpc) is 3.71. The van der Waals surface area contributed by atoms with Crippen molar-refractivity contribution in [3.05, 3.63) is 34.9 Å². The lowest BCUT2D eigenvalue weighted by Gasteiger charge is -2.49. The van der Waals surface area contributed by atoms with Gasteiger partial charge in [0, 0.05) is 49.9 Å². The number of aliphatic hydroxyl groups excluding tert-OH is 1. The Bertz CT molecular complexity index is 1420. The minimum atomic E-state index is -1.16. The van der Waals surface area contributed by atoms with Crippen LogP contribution < -0.4 is 5.73 Å². The normalized spacial score (nSPS) is 45.7. The van der Waals surface area contributed by atoms with Gasteiger partial charge in [0.1, 0.15) is 17.5 Å². The molecule has 6 aliphatic rings. The maximum atomic E-state index is 14.8. The highest BCUT2D eigenvalue weighted by molar-refractivity contribution is 5.86. The molecule has 9 heteroatoms. The second-order valence-corrected chi connectivity index (χ2v) is 17.8. The number of ketones is 1. The molecule has 4 bridgehead atoms. The summed E-state index contributed by atoms with van der Waals surface area (Å²) in [5, 5.41) is 23.5. The molecule has 1 aliphatic carbocycles. The van der Waals surface area contributed by atoms with Crippen LogP contribution in [0, 0.1) is 29.1 Å². The summed E-state index contributed by atoms with van der Waals surface area (Å²) in [4.78, 5) is 27.3. The first-order valence-electron chi connectivity index (χ1n) is 20.0. The molecule has 0 aromatic rings. The Morgan fingerprint density at radius 1 is 1.06 bits per heavy atom. The number of hydrogen-bond donors (Lipinski definition) is 3. The van der Waals surface area contributed by atoms with Gasteiger partial charge in [0.25, 0.3) is 0 Å². The van der Waals surface area contributed by atoms with Crippen LogP contribution in [0.4, 0.5) is 0 Å². The van der Waals surface area contributed by atoms with Crippen molar-refractivity contribution in [2.75, 3.05) is 6.54 Å². The molecular formula is C42H65NO8. The predicted molar refractivity (Wildman–Crippen MR) is 195 cm³/mol. The van der Waals surface area contributed by atoms with E-state index in [2.05, 4.69) is 33.4 Å². The van der Waals surface area contributed by atoms with E-state index in [0.29, 0.717) is 96.4 Å². The van der Waals surface area contributed by atoms with Gasteiger partial charge in [-0.2, -0.15) is 0 Å². The molecule has 0 saturated carbocycles. The van der Waals surface area contributed by atoms with E-state index in [-0.39, 0.29) is 53.7 Å². The van der Waals surface area contributed by atoms with Gasteiger partial charge >= 0.3 is 5.97 Å². The summed E-state index contributed by atoms with van der Waals surface area (Å²) in [6.45, 7) is 17.1. The SMILES string of the molecule is C=C1CCCC(=O)[C@@]2(CC[C@H](C)CN)CCC([C@@H]3C[C@H](C)C(=O)O3)=C(C)[C@@H]2/C=C(\C)[C@H](O)C[C@H]2O[C@@]3(CC[C@]4(O[C@@H](CC[C@@]4(C)O)C1)O3)C[C@H]2C. The number of carbonyl (C=O) groups is 2. The van der Waals surface area contributed by atoms with Crippen molar-refractivity contribution in [1.82, 2.24) is 0 Å². The van der Waals surface area contributed by atoms with Crippen LogP contribution in [0.1, 0.15) is 138 Å². The van der Waals surface area contributed by atoms with Gasteiger partial charge < -0.3 is 34.9 Å². The Kier molecular flexibility index (Phi) is 11.2. The average molecular weight is 712 g/mol. The molecule has 5 heterocycles. The second-order valence-electron chi connectivity index (χ2n) is 17.8. The standard InChI is InChI=1S/C42H65NO8/c1-25-9-8-10-37(45)40(15-11-26(2)24-43)16-13-32(36-21-28(4)38(46)48-36)30(6)33(40)20-27(3)34(44)22-35-29(5)23-41(50-35)17-18-42(51-41)39(7,47)14-12-31(19-25)49-42/h20,26,28-29,31,33-36,44,47H,1,8-19,21-24,43H2,2-7H3/b27-20+/t26-,28-,29+,31-,33-,34+,35+,36-,39+,40-,41+,42-/m0/s1. The van der Waals surface area contributed by atoms with Crippen LogP contribution in [0.25, 0.3) is 0 Å². The minimum Gasteiger partial charge on any atom is -0.458 e. The maximum absolute atomic E-state index is 14.8. The molecule has 9 nitrogen and oxygen atoms in total. The van der Waals surface area contributed by atoms with E-state index in [0.717, 1.165) is 28.7 Å². The third kappa shape index (κ3) is 7.46. The van der Waals surface area contributed by atoms with Crippen LogP contribution in [0.5, 0.6) is 0 Å². The molecule has 2 spiro atoms. The summed E-state index contributed by atoms with van der Waals surface area (Å²) in [6.07, 6.45) is 10.2. The van der Waals surface area contributed by atoms with Crippen LogP contribution in [-0.2, 0) is 28.5 Å². The van der Waals surface area contributed by atoms with Crippen molar-refractivity contribution < 1.29 is 38.7 Å². The highest BCUT2D eigenvalue weighted by Crippen LogP contribution is 2.56. The van der Waals surface area contributed by atoms with Gasteiger partial charge in [-0.25, -0.2) is 0 Å². The zero-order chi connectivity index (χ0) is 36.9.